The van der Waals surface area contributed by atoms with Crippen molar-refractivity contribution >= 4 is 34.1 Å². The van der Waals surface area contributed by atoms with Gasteiger partial charge in [-0.1, -0.05) is 111 Å². The Balaban J connectivity index is 1.45. The van der Waals surface area contributed by atoms with Gasteiger partial charge < -0.3 is 9.80 Å². The summed E-state index contributed by atoms with van der Waals surface area (Å²) in [5, 5.41) is 0. The molecule has 2 heteroatoms. The molecule has 1 aliphatic rings. The van der Waals surface area contributed by atoms with Crippen LogP contribution in [0.2, 0.25) is 0 Å². The van der Waals surface area contributed by atoms with Gasteiger partial charge in [-0.3, -0.25) is 0 Å². The maximum absolute atomic E-state index is 2.40. The zero-order valence-corrected chi connectivity index (χ0v) is 23.4. The molecule has 0 radical (unpaired) electrons. The second-order valence-corrected chi connectivity index (χ2v) is 11.1. The van der Waals surface area contributed by atoms with E-state index in [0.29, 0.717) is 0 Å². The average molecular weight is 529 g/mol. The molecule has 2 nitrogen and oxygen atoms in total. The van der Waals surface area contributed by atoms with E-state index in [1.54, 1.807) is 0 Å². The van der Waals surface area contributed by atoms with Crippen LogP contribution in [-0.4, -0.2) is 0 Å². The molecule has 1 aliphatic carbocycles. The fraction of sp³-hybridized carbons (Fsp3) is 0.0769. The molecule has 0 fully saturated rings. The monoisotopic (exact) mass is 528 g/mol. The second kappa shape index (κ2) is 10.1. The van der Waals surface area contributed by atoms with Crippen LogP contribution in [0.5, 0.6) is 0 Å². The van der Waals surface area contributed by atoms with E-state index in [2.05, 4.69) is 181 Å². The Hall–Kier alpha value is -5.08. The lowest BCUT2D eigenvalue weighted by Gasteiger charge is -2.33. The summed E-state index contributed by atoms with van der Waals surface area (Å²) >= 11 is 0. The van der Waals surface area contributed by atoms with Gasteiger partial charge in [0.15, 0.2) is 0 Å². The number of fused-ring (bicyclic) bond motifs is 3. The van der Waals surface area contributed by atoms with E-state index in [-0.39, 0.29) is 5.41 Å². The molecule has 7 rings (SSSR count). The number of anilines is 6. The molecule has 0 aromatic heterocycles. The molecule has 0 unspecified atom stereocenters. The number of rotatable bonds is 6. The number of para-hydroxylation sites is 5. The van der Waals surface area contributed by atoms with Crippen molar-refractivity contribution in [2.45, 2.75) is 19.3 Å². The minimum absolute atomic E-state index is 0.0794. The molecular weight excluding hydrogens is 496 g/mol. The zero-order chi connectivity index (χ0) is 27.8. The van der Waals surface area contributed by atoms with Gasteiger partial charge in [0.25, 0.3) is 0 Å². The summed E-state index contributed by atoms with van der Waals surface area (Å²) < 4.78 is 0. The summed E-state index contributed by atoms with van der Waals surface area (Å²) in [4.78, 5) is 4.74. The van der Waals surface area contributed by atoms with Crippen LogP contribution >= 0.6 is 0 Å². The highest BCUT2D eigenvalue weighted by Crippen LogP contribution is 2.51. The lowest BCUT2D eigenvalue weighted by atomic mass is 9.82. The van der Waals surface area contributed by atoms with E-state index in [4.69, 9.17) is 0 Å². The van der Waals surface area contributed by atoms with Crippen molar-refractivity contribution in [3.05, 3.63) is 169 Å². The van der Waals surface area contributed by atoms with Crippen LogP contribution in [-0.2, 0) is 5.41 Å². The van der Waals surface area contributed by atoms with E-state index in [1.165, 1.54) is 22.3 Å². The van der Waals surface area contributed by atoms with Gasteiger partial charge in [-0.25, -0.2) is 0 Å². The molecule has 6 aromatic rings. The Labute approximate surface area is 242 Å². The van der Waals surface area contributed by atoms with Crippen LogP contribution < -0.4 is 9.80 Å². The van der Waals surface area contributed by atoms with E-state index in [0.717, 1.165) is 34.1 Å². The summed E-state index contributed by atoms with van der Waals surface area (Å²) in [5.41, 5.74) is 12.0. The molecule has 6 aromatic carbocycles. The van der Waals surface area contributed by atoms with Crippen LogP contribution in [0.3, 0.4) is 0 Å². The minimum atomic E-state index is -0.0794. The first-order valence-electron chi connectivity index (χ1n) is 14.2. The van der Waals surface area contributed by atoms with Gasteiger partial charge in [-0.05, 0) is 82.9 Å². The minimum Gasteiger partial charge on any atom is -0.308 e. The van der Waals surface area contributed by atoms with Crippen molar-refractivity contribution in [2.75, 3.05) is 9.80 Å². The fourth-order valence-corrected chi connectivity index (χ4v) is 6.26. The lowest BCUT2D eigenvalue weighted by Crippen LogP contribution is -2.18. The highest BCUT2D eigenvalue weighted by molar-refractivity contribution is 5.92. The quantitative estimate of drug-likeness (QED) is 0.212. The highest BCUT2D eigenvalue weighted by Gasteiger charge is 2.36. The largest absolute Gasteiger partial charge is 0.308 e. The van der Waals surface area contributed by atoms with Crippen molar-refractivity contribution in [3.8, 4) is 11.1 Å². The van der Waals surface area contributed by atoms with Crippen molar-refractivity contribution in [3.63, 3.8) is 0 Å². The van der Waals surface area contributed by atoms with Crippen molar-refractivity contribution in [1.29, 1.82) is 0 Å². The molecule has 0 saturated heterocycles. The summed E-state index contributed by atoms with van der Waals surface area (Å²) in [6.07, 6.45) is 0. The molecule has 0 amide bonds. The number of hydrogen-bond donors (Lipinski definition) is 0. The van der Waals surface area contributed by atoms with Gasteiger partial charge in [0.1, 0.15) is 0 Å². The molecule has 41 heavy (non-hydrogen) atoms. The average Bonchev–Trinajstić information content (AvgIpc) is 3.26. The van der Waals surface area contributed by atoms with Gasteiger partial charge in [0, 0.05) is 28.2 Å². The summed E-state index contributed by atoms with van der Waals surface area (Å²) in [6.45, 7) is 4.68. The van der Waals surface area contributed by atoms with E-state index < -0.39 is 0 Å². The van der Waals surface area contributed by atoms with Crippen molar-refractivity contribution < 1.29 is 0 Å². The van der Waals surface area contributed by atoms with Crippen LogP contribution in [0.4, 0.5) is 34.1 Å². The van der Waals surface area contributed by atoms with Gasteiger partial charge in [0.2, 0.25) is 0 Å². The molecular formula is C39H32N2. The first-order valence-corrected chi connectivity index (χ1v) is 14.2. The predicted octanol–water partition coefficient (Wildman–Crippen LogP) is 10.9. The highest BCUT2D eigenvalue weighted by atomic mass is 15.2. The molecule has 0 heterocycles. The number of benzene rings is 6. The summed E-state index contributed by atoms with van der Waals surface area (Å²) in [6, 6.07) is 56.4. The van der Waals surface area contributed by atoms with E-state index >= 15 is 0 Å². The maximum atomic E-state index is 2.40. The third kappa shape index (κ3) is 4.29. The predicted molar refractivity (Wildman–Crippen MR) is 173 cm³/mol. The SMILES string of the molecule is CC1(C)c2ccccc2-c2ccc(N(c3ccccc3)c3ccccc3N(c3ccccc3)c3ccccc3)cc21. The molecule has 198 valence electrons. The smallest absolute Gasteiger partial charge is 0.0702 e. The van der Waals surface area contributed by atoms with Crippen LogP contribution in [0.15, 0.2) is 158 Å². The fourth-order valence-electron chi connectivity index (χ4n) is 6.26. The molecule has 0 spiro atoms. The topological polar surface area (TPSA) is 6.48 Å². The van der Waals surface area contributed by atoms with Gasteiger partial charge in [-0.15, -0.1) is 0 Å². The van der Waals surface area contributed by atoms with Gasteiger partial charge in [0.05, 0.1) is 11.4 Å². The molecule has 0 aliphatic heterocycles. The Morgan fingerprint density at radius 1 is 0.366 bits per heavy atom. The Morgan fingerprint density at radius 3 is 1.32 bits per heavy atom. The first-order chi connectivity index (χ1) is 20.1. The van der Waals surface area contributed by atoms with Crippen LogP contribution in [0.25, 0.3) is 11.1 Å². The molecule has 0 atom stereocenters. The van der Waals surface area contributed by atoms with Gasteiger partial charge in [-0.2, -0.15) is 0 Å². The number of nitrogens with zero attached hydrogens (tertiary/aromatic N) is 2. The third-order valence-electron chi connectivity index (χ3n) is 8.23. The Kier molecular flexibility index (Phi) is 6.17. The molecule has 0 bridgehead atoms. The normalized spacial score (nSPS) is 12.8. The van der Waals surface area contributed by atoms with Crippen molar-refractivity contribution in [2.24, 2.45) is 0 Å². The first kappa shape index (κ1) is 24.9. The van der Waals surface area contributed by atoms with E-state index in [9.17, 15) is 0 Å². The molecule has 0 N–H and O–H groups in total. The van der Waals surface area contributed by atoms with Gasteiger partial charge >= 0.3 is 0 Å². The summed E-state index contributed by atoms with van der Waals surface area (Å²) in [7, 11) is 0. The Bertz CT molecular complexity index is 1770. The van der Waals surface area contributed by atoms with Crippen LogP contribution in [0.1, 0.15) is 25.0 Å². The third-order valence-corrected chi connectivity index (χ3v) is 8.23. The van der Waals surface area contributed by atoms with Crippen molar-refractivity contribution in [1.82, 2.24) is 0 Å². The second-order valence-electron chi connectivity index (χ2n) is 11.1. The van der Waals surface area contributed by atoms with E-state index in [1.807, 2.05) is 0 Å². The Morgan fingerprint density at radius 2 is 0.780 bits per heavy atom. The molecule has 0 saturated carbocycles. The standard InChI is InChI=1S/C39H32N2/c1-39(2)35-23-13-12-22-33(35)34-27-26-32(28-36(34)39)41(31-20-10-5-11-21-31)38-25-15-14-24-37(38)40(29-16-6-3-7-17-29)30-18-8-4-9-19-30/h3-28H,1-2H3. The maximum Gasteiger partial charge on any atom is 0.0702 e. The van der Waals surface area contributed by atoms with Crippen LogP contribution in [0, 0.1) is 0 Å². The summed E-state index contributed by atoms with van der Waals surface area (Å²) in [5.74, 6) is 0. The number of hydrogen-bond acceptors (Lipinski definition) is 2. The lowest BCUT2D eigenvalue weighted by molar-refractivity contribution is 0.660. The zero-order valence-electron chi connectivity index (χ0n) is 23.4.